The van der Waals surface area contributed by atoms with Crippen molar-refractivity contribution in [3.8, 4) is 11.5 Å². The molecule has 0 fully saturated rings. The van der Waals surface area contributed by atoms with Gasteiger partial charge < -0.3 is 9.47 Å². The second-order valence-electron chi connectivity index (χ2n) is 7.68. The highest BCUT2D eigenvalue weighted by Crippen LogP contribution is 2.32. The van der Waals surface area contributed by atoms with Crippen molar-refractivity contribution in [2.24, 2.45) is 4.99 Å². The summed E-state index contributed by atoms with van der Waals surface area (Å²) in [5.41, 5.74) is 1.52. The third-order valence-corrected chi connectivity index (χ3v) is 5.98. The SMILES string of the molecule is COc1ccc(/C=C2/N=C(SCC(=O)Nc3c[n+](N(C)C)no3)N(c3ccccc3)C2=O)c(OC)c1. The minimum atomic E-state index is -0.334. The lowest BCUT2D eigenvalue weighted by atomic mass is 10.1. The van der Waals surface area contributed by atoms with Crippen molar-refractivity contribution in [2.45, 2.75) is 0 Å². The summed E-state index contributed by atoms with van der Waals surface area (Å²) >= 11 is 1.13. The summed E-state index contributed by atoms with van der Waals surface area (Å²) in [5, 5.41) is 8.49. The summed E-state index contributed by atoms with van der Waals surface area (Å²) < 4.78 is 15.8. The van der Waals surface area contributed by atoms with E-state index in [-0.39, 0.29) is 29.1 Å². The molecule has 0 aliphatic carbocycles. The second-order valence-corrected chi connectivity index (χ2v) is 8.62. The van der Waals surface area contributed by atoms with Crippen molar-refractivity contribution in [2.75, 3.05) is 49.3 Å². The van der Waals surface area contributed by atoms with Crippen molar-refractivity contribution in [1.29, 1.82) is 0 Å². The third kappa shape index (κ3) is 5.49. The van der Waals surface area contributed by atoms with E-state index in [9.17, 15) is 9.59 Å². The first-order valence-electron chi connectivity index (χ1n) is 10.8. The number of carbonyl (C=O) groups is 2. The van der Waals surface area contributed by atoms with Crippen LogP contribution in [0.1, 0.15) is 5.56 Å². The fraction of sp³-hybridized carbons (Fsp3) is 0.208. The maximum absolute atomic E-state index is 13.4. The molecule has 11 nitrogen and oxygen atoms in total. The number of ether oxygens (including phenoxy) is 2. The quantitative estimate of drug-likeness (QED) is 0.364. The fourth-order valence-electron chi connectivity index (χ4n) is 3.27. The maximum Gasteiger partial charge on any atom is 0.305 e. The van der Waals surface area contributed by atoms with Gasteiger partial charge in [0.25, 0.3) is 12.1 Å². The molecular weight excluding hydrogens is 484 g/mol. The predicted molar refractivity (Wildman–Crippen MR) is 137 cm³/mol. The number of benzene rings is 2. The lowest BCUT2D eigenvalue weighted by Gasteiger charge is -2.17. The molecule has 0 radical (unpaired) electrons. The van der Waals surface area contributed by atoms with E-state index in [1.165, 1.54) is 9.69 Å². The monoisotopic (exact) mass is 509 g/mol. The zero-order valence-electron chi connectivity index (χ0n) is 20.2. The number of thioether (sulfide) groups is 1. The zero-order valence-corrected chi connectivity index (χ0v) is 21.0. The first-order valence-corrected chi connectivity index (χ1v) is 11.8. The van der Waals surface area contributed by atoms with Gasteiger partial charge in [0.2, 0.25) is 11.2 Å². The van der Waals surface area contributed by atoms with E-state index in [1.54, 1.807) is 75.9 Å². The zero-order chi connectivity index (χ0) is 25.7. The van der Waals surface area contributed by atoms with E-state index in [0.29, 0.717) is 27.9 Å². The van der Waals surface area contributed by atoms with E-state index >= 15 is 0 Å². The molecule has 1 aromatic heterocycles. The molecule has 4 rings (SSSR count). The van der Waals surface area contributed by atoms with Gasteiger partial charge in [0.15, 0.2) is 5.17 Å². The van der Waals surface area contributed by atoms with Crippen molar-refractivity contribution < 1.29 is 28.4 Å². The van der Waals surface area contributed by atoms with Crippen LogP contribution in [0.4, 0.5) is 11.6 Å². The minimum absolute atomic E-state index is 0.00273. The van der Waals surface area contributed by atoms with Crippen LogP contribution in [0.15, 0.2) is 69.9 Å². The summed E-state index contributed by atoms with van der Waals surface area (Å²) in [6, 6.07) is 14.4. The molecule has 12 heteroatoms. The molecule has 0 spiro atoms. The van der Waals surface area contributed by atoms with Crippen molar-refractivity contribution in [3.63, 3.8) is 0 Å². The van der Waals surface area contributed by atoms with Crippen LogP contribution in [-0.4, -0.2) is 56.3 Å². The second kappa shape index (κ2) is 11.0. The number of hydrogen-bond acceptors (Lipinski definition) is 9. The smallest absolute Gasteiger partial charge is 0.305 e. The summed E-state index contributed by atoms with van der Waals surface area (Å²) in [6.07, 6.45) is 3.19. The molecule has 0 unspecified atom stereocenters. The predicted octanol–water partition coefficient (Wildman–Crippen LogP) is 2.29. The van der Waals surface area contributed by atoms with E-state index in [0.717, 1.165) is 11.8 Å². The molecular formula is C24H25N6O5S+. The summed E-state index contributed by atoms with van der Waals surface area (Å²) in [4.78, 5) is 33.4. The maximum atomic E-state index is 13.4. The molecule has 1 aliphatic heterocycles. The Balaban J connectivity index is 1.57. The number of aromatic nitrogens is 2. The number of aliphatic imine (C=N–C) groups is 1. The van der Waals surface area contributed by atoms with Gasteiger partial charge in [-0.15, -0.1) is 0 Å². The molecule has 0 saturated heterocycles. The lowest BCUT2D eigenvalue weighted by Crippen LogP contribution is -2.53. The number of anilines is 2. The van der Waals surface area contributed by atoms with Crippen LogP contribution in [0.5, 0.6) is 11.5 Å². The summed E-state index contributed by atoms with van der Waals surface area (Å²) in [7, 11) is 6.67. The van der Waals surface area contributed by atoms with E-state index in [2.05, 4.69) is 15.6 Å². The van der Waals surface area contributed by atoms with Crippen LogP contribution in [-0.2, 0) is 9.59 Å². The van der Waals surface area contributed by atoms with Gasteiger partial charge in [0.05, 0.1) is 44.5 Å². The van der Waals surface area contributed by atoms with E-state index in [1.807, 2.05) is 18.2 Å². The van der Waals surface area contributed by atoms with Gasteiger partial charge in [-0.05, 0) is 30.3 Å². The Labute approximate surface area is 211 Å². The normalized spacial score (nSPS) is 14.1. The van der Waals surface area contributed by atoms with Crippen molar-refractivity contribution in [3.05, 3.63) is 66.0 Å². The molecule has 36 heavy (non-hydrogen) atoms. The Morgan fingerprint density at radius 3 is 2.64 bits per heavy atom. The van der Waals surface area contributed by atoms with Crippen LogP contribution in [0.25, 0.3) is 6.08 Å². The van der Waals surface area contributed by atoms with Gasteiger partial charge >= 0.3 is 5.88 Å². The fourth-order valence-corrected chi connectivity index (χ4v) is 4.08. The lowest BCUT2D eigenvalue weighted by molar-refractivity contribution is -0.753. The topological polar surface area (TPSA) is 113 Å². The van der Waals surface area contributed by atoms with Gasteiger partial charge in [-0.3, -0.25) is 24.3 Å². The van der Waals surface area contributed by atoms with Gasteiger partial charge in [-0.2, -0.15) is 5.01 Å². The summed E-state index contributed by atoms with van der Waals surface area (Å²) in [5.74, 6) is 0.719. The molecule has 186 valence electrons. The van der Waals surface area contributed by atoms with Crippen LogP contribution in [0, 0.1) is 0 Å². The average Bonchev–Trinajstić information content (AvgIpc) is 3.48. The number of carbonyl (C=O) groups excluding carboxylic acids is 2. The first-order chi connectivity index (χ1) is 17.4. The molecule has 1 N–H and O–H groups in total. The Morgan fingerprint density at radius 2 is 1.97 bits per heavy atom. The van der Waals surface area contributed by atoms with Crippen LogP contribution >= 0.6 is 11.8 Å². The van der Waals surface area contributed by atoms with Gasteiger partial charge in [-0.25, -0.2) is 4.99 Å². The van der Waals surface area contributed by atoms with Crippen molar-refractivity contribution >= 4 is 46.4 Å². The molecule has 3 aromatic rings. The first kappa shape index (κ1) is 24.8. The largest absolute Gasteiger partial charge is 0.497 e. The number of para-hydroxylation sites is 1. The molecule has 2 heterocycles. The Kier molecular flexibility index (Phi) is 7.54. The number of amidine groups is 1. The molecule has 2 amide bonds. The molecule has 0 saturated carbocycles. The van der Waals surface area contributed by atoms with Gasteiger partial charge in [0, 0.05) is 11.6 Å². The molecule has 1 aliphatic rings. The van der Waals surface area contributed by atoms with Crippen LogP contribution in [0.3, 0.4) is 0 Å². The van der Waals surface area contributed by atoms with Gasteiger partial charge in [0.1, 0.15) is 17.2 Å². The van der Waals surface area contributed by atoms with Crippen LogP contribution < -0.4 is 29.5 Å². The Hall–Kier alpha value is -4.32. The Bertz CT molecular complexity index is 1320. The van der Waals surface area contributed by atoms with Crippen molar-refractivity contribution in [1.82, 2.24) is 5.27 Å². The number of methoxy groups -OCH3 is 2. The Morgan fingerprint density at radius 1 is 1.19 bits per heavy atom. The number of hydrogen-bond donors (Lipinski definition) is 1. The highest BCUT2D eigenvalue weighted by Gasteiger charge is 2.32. The molecule has 0 bridgehead atoms. The third-order valence-electron chi connectivity index (χ3n) is 5.04. The van der Waals surface area contributed by atoms with Gasteiger partial charge in [-0.1, -0.05) is 30.0 Å². The highest BCUT2D eigenvalue weighted by atomic mass is 32.2. The van der Waals surface area contributed by atoms with E-state index in [4.69, 9.17) is 14.0 Å². The van der Waals surface area contributed by atoms with E-state index < -0.39 is 0 Å². The minimum Gasteiger partial charge on any atom is -0.497 e. The number of nitrogens with zero attached hydrogens (tertiary/aromatic N) is 5. The highest BCUT2D eigenvalue weighted by molar-refractivity contribution is 8.14. The average molecular weight is 510 g/mol. The number of amides is 2. The standard InChI is InChI=1S/C24H24N6O5S/c1-28(2)29-14-22(35-27-29)26-21(31)15-36-24-25-19(23(32)30(24)17-8-6-5-7-9-17)12-16-10-11-18(33-3)13-20(16)34-4/h5-14H,15H2,1-4H3/p+1/b19-12+. The number of rotatable bonds is 8. The summed E-state index contributed by atoms with van der Waals surface area (Å²) in [6.45, 7) is 0. The van der Waals surface area contributed by atoms with Crippen LogP contribution in [0.2, 0.25) is 0 Å². The molecule has 0 atom stereocenters. The molecule has 2 aromatic carbocycles. The number of nitrogens with one attached hydrogen (secondary N) is 1.